The predicted molar refractivity (Wildman–Crippen MR) is 85.9 cm³/mol. The molecule has 0 aliphatic heterocycles. The maximum absolute atomic E-state index is 12.2. The summed E-state index contributed by atoms with van der Waals surface area (Å²) in [5.41, 5.74) is 0.525. The van der Waals surface area contributed by atoms with Crippen LogP contribution in [0.25, 0.3) is 0 Å². The molecule has 0 spiro atoms. The van der Waals surface area contributed by atoms with Gasteiger partial charge in [0.05, 0.1) is 12.6 Å². The number of nitrogens with one attached hydrogen (secondary N) is 1. The predicted octanol–water partition coefficient (Wildman–Crippen LogP) is 2.34. The summed E-state index contributed by atoms with van der Waals surface area (Å²) in [6.07, 6.45) is 0. The Labute approximate surface area is 134 Å². The summed E-state index contributed by atoms with van der Waals surface area (Å²) in [4.78, 5) is 27.0. The Morgan fingerprint density at radius 3 is 2.14 bits per heavy atom. The zero-order chi connectivity index (χ0) is 16.2. The van der Waals surface area contributed by atoms with Crippen molar-refractivity contribution < 1.29 is 9.59 Å². The second-order valence-corrected chi connectivity index (χ2v) is 5.90. The molecule has 0 heterocycles. The third-order valence-electron chi connectivity index (χ3n) is 3.05. The van der Waals surface area contributed by atoms with Gasteiger partial charge in [-0.1, -0.05) is 23.2 Å². The van der Waals surface area contributed by atoms with Gasteiger partial charge in [-0.25, -0.2) is 0 Å². The fraction of sp³-hybridized carbons (Fsp3) is 0.429. The van der Waals surface area contributed by atoms with Gasteiger partial charge in [-0.15, -0.1) is 0 Å². The normalized spacial score (nSPS) is 12.1. The monoisotopic (exact) mass is 331 g/mol. The zero-order valence-electron chi connectivity index (χ0n) is 12.5. The smallest absolute Gasteiger partial charge is 0.241 e. The van der Waals surface area contributed by atoms with E-state index in [1.54, 1.807) is 51.2 Å². The number of carbonyl (C=O) groups excluding carboxylic acids is 2. The highest BCUT2D eigenvalue weighted by Gasteiger charge is 2.21. The molecule has 5 nitrogen and oxygen atoms in total. The first-order valence-corrected chi connectivity index (χ1v) is 7.13. The van der Waals surface area contributed by atoms with Crippen molar-refractivity contribution in [3.63, 3.8) is 0 Å². The standard InChI is InChI=1S/C14H19Cl2N3O2/c1-9(19(4)8-13(20)18(2)3)14(21)17-12-6-10(15)5-11(16)7-12/h5-7,9H,8H2,1-4H3,(H,17,21)/t9-/m0/s1. The number of hydrogen-bond acceptors (Lipinski definition) is 3. The van der Waals surface area contributed by atoms with Crippen molar-refractivity contribution in [1.82, 2.24) is 9.80 Å². The lowest BCUT2D eigenvalue weighted by molar-refractivity contribution is -0.131. The maximum Gasteiger partial charge on any atom is 0.241 e. The lowest BCUT2D eigenvalue weighted by Gasteiger charge is -2.24. The molecule has 0 saturated heterocycles. The van der Waals surface area contributed by atoms with Gasteiger partial charge in [0, 0.05) is 29.8 Å². The van der Waals surface area contributed by atoms with E-state index in [0.29, 0.717) is 15.7 Å². The molecule has 1 atom stereocenters. The highest BCUT2D eigenvalue weighted by Crippen LogP contribution is 2.22. The van der Waals surface area contributed by atoms with Crippen LogP contribution >= 0.6 is 23.2 Å². The fourth-order valence-electron chi connectivity index (χ4n) is 1.56. The van der Waals surface area contributed by atoms with E-state index < -0.39 is 6.04 Å². The molecule has 1 aromatic carbocycles. The first kappa shape index (κ1) is 17.8. The van der Waals surface area contributed by atoms with Crippen molar-refractivity contribution in [2.24, 2.45) is 0 Å². The van der Waals surface area contributed by atoms with Crippen molar-refractivity contribution in [3.8, 4) is 0 Å². The van der Waals surface area contributed by atoms with E-state index in [1.165, 1.54) is 4.90 Å². The molecule has 0 radical (unpaired) electrons. The molecular formula is C14H19Cl2N3O2. The zero-order valence-corrected chi connectivity index (χ0v) is 14.0. The molecule has 0 unspecified atom stereocenters. The van der Waals surface area contributed by atoms with Gasteiger partial charge in [0.25, 0.3) is 0 Å². The van der Waals surface area contributed by atoms with Crippen LogP contribution in [0.4, 0.5) is 5.69 Å². The van der Waals surface area contributed by atoms with Crippen LogP contribution in [-0.4, -0.2) is 55.3 Å². The highest BCUT2D eigenvalue weighted by molar-refractivity contribution is 6.35. The number of anilines is 1. The maximum atomic E-state index is 12.2. The second-order valence-electron chi connectivity index (χ2n) is 5.03. The summed E-state index contributed by atoms with van der Waals surface area (Å²) < 4.78 is 0. The molecule has 0 bridgehead atoms. The molecule has 1 rings (SSSR count). The molecule has 1 N–H and O–H groups in total. The second kappa shape index (κ2) is 7.64. The summed E-state index contributed by atoms with van der Waals surface area (Å²) in [7, 11) is 5.07. The summed E-state index contributed by atoms with van der Waals surface area (Å²) in [6, 6.07) is 4.35. The SMILES string of the molecule is C[C@@H](C(=O)Nc1cc(Cl)cc(Cl)c1)N(C)CC(=O)N(C)C. The highest BCUT2D eigenvalue weighted by atomic mass is 35.5. The molecular weight excluding hydrogens is 313 g/mol. The minimum atomic E-state index is -0.466. The summed E-state index contributed by atoms with van der Waals surface area (Å²) >= 11 is 11.8. The Morgan fingerprint density at radius 1 is 1.14 bits per heavy atom. The molecule has 116 valence electrons. The molecule has 0 aliphatic carbocycles. The first-order valence-electron chi connectivity index (χ1n) is 6.38. The van der Waals surface area contributed by atoms with Gasteiger partial charge in [-0.2, -0.15) is 0 Å². The average Bonchev–Trinajstić information content (AvgIpc) is 2.35. The van der Waals surface area contributed by atoms with Gasteiger partial charge in [0.15, 0.2) is 0 Å². The summed E-state index contributed by atoms with van der Waals surface area (Å²) in [6.45, 7) is 1.89. The lowest BCUT2D eigenvalue weighted by atomic mass is 10.2. The van der Waals surface area contributed by atoms with Gasteiger partial charge in [0.2, 0.25) is 11.8 Å². The third-order valence-corrected chi connectivity index (χ3v) is 3.49. The Kier molecular flexibility index (Phi) is 6.45. The quantitative estimate of drug-likeness (QED) is 0.900. The van der Waals surface area contributed by atoms with Crippen LogP contribution in [-0.2, 0) is 9.59 Å². The Bertz CT molecular complexity index is 515. The van der Waals surface area contributed by atoms with Gasteiger partial charge >= 0.3 is 0 Å². The number of likely N-dealkylation sites (N-methyl/N-ethyl adjacent to an activating group) is 2. The number of halogens is 2. The van der Waals surface area contributed by atoms with Crippen molar-refractivity contribution in [2.75, 3.05) is 33.0 Å². The molecule has 7 heteroatoms. The topological polar surface area (TPSA) is 52.7 Å². The molecule has 21 heavy (non-hydrogen) atoms. The Hall–Kier alpha value is -1.30. The van der Waals surface area contributed by atoms with E-state index >= 15 is 0 Å². The number of hydrogen-bond donors (Lipinski definition) is 1. The number of benzene rings is 1. The fourth-order valence-corrected chi connectivity index (χ4v) is 2.09. The van der Waals surface area contributed by atoms with Gasteiger partial charge in [-0.3, -0.25) is 14.5 Å². The van der Waals surface area contributed by atoms with Gasteiger partial charge < -0.3 is 10.2 Å². The largest absolute Gasteiger partial charge is 0.348 e. The third kappa shape index (κ3) is 5.53. The first-order chi connectivity index (χ1) is 9.70. The number of nitrogens with zero attached hydrogens (tertiary/aromatic N) is 2. The average molecular weight is 332 g/mol. The van der Waals surface area contributed by atoms with Crippen molar-refractivity contribution in [2.45, 2.75) is 13.0 Å². The van der Waals surface area contributed by atoms with Crippen molar-refractivity contribution >= 4 is 40.7 Å². The van der Waals surface area contributed by atoms with Crippen LogP contribution in [0.2, 0.25) is 10.0 Å². The minimum absolute atomic E-state index is 0.0667. The van der Waals surface area contributed by atoms with E-state index in [9.17, 15) is 9.59 Å². The van der Waals surface area contributed by atoms with E-state index in [4.69, 9.17) is 23.2 Å². The minimum Gasteiger partial charge on any atom is -0.348 e. The molecule has 1 aromatic rings. The van der Waals surface area contributed by atoms with Gasteiger partial charge in [0.1, 0.15) is 0 Å². The van der Waals surface area contributed by atoms with E-state index in [-0.39, 0.29) is 18.4 Å². The summed E-state index contributed by atoms with van der Waals surface area (Å²) in [5.74, 6) is -0.301. The van der Waals surface area contributed by atoms with E-state index in [2.05, 4.69) is 5.32 Å². The lowest BCUT2D eigenvalue weighted by Crippen LogP contribution is -2.44. The van der Waals surface area contributed by atoms with Crippen LogP contribution in [0.3, 0.4) is 0 Å². The van der Waals surface area contributed by atoms with Gasteiger partial charge in [-0.05, 0) is 32.2 Å². The molecule has 0 aromatic heterocycles. The van der Waals surface area contributed by atoms with Crippen LogP contribution in [0.5, 0.6) is 0 Å². The molecule has 0 saturated carbocycles. The molecule has 0 fully saturated rings. The summed E-state index contributed by atoms with van der Waals surface area (Å²) in [5, 5.41) is 3.62. The van der Waals surface area contributed by atoms with Crippen LogP contribution in [0.1, 0.15) is 6.92 Å². The van der Waals surface area contributed by atoms with E-state index in [0.717, 1.165) is 0 Å². The van der Waals surface area contributed by atoms with Crippen LogP contribution < -0.4 is 5.32 Å². The number of rotatable bonds is 5. The van der Waals surface area contributed by atoms with Crippen LogP contribution in [0.15, 0.2) is 18.2 Å². The van der Waals surface area contributed by atoms with Crippen molar-refractivity contribution in [3.05, 3.63) is 28.2 Å². The number of carbonyl (C=O) groups is 2. The van der Waals surface area contributed by atoms with Crippen LogP contribution in [0, 0.1) is 0 Å². The van der Waals surface area contributed by atoms with Crippen molar-refractivity contribution in [1.29, 1.82) is 0 Å². The Balaban J connectivity index is 2.67. The molecule has 0 aliphatic rings. The Morgan fingerprint density at radius 2 is 1.67 bits per heavy atom. The molecule has 2 amide bonds. The number of amides is 2. The van der Waals surface area contributed by atoms with E-state index in [1.807, 2.05) is 0 Å².